The summed E-state index contributed by atoms with van der Waals surface area (Å²) in [6, 6.07) is 8.79. The first kappa shape index (κ1) is 16.0. The molecule has 0 saturated carbocycles. The maximum Gasteiger partial charge on any atom is 0.268 e. The van der Waals surface area contributed by atoms with E-state index in [1.165, 1.54) is 4.68 Å². The van der Waals surface area contributed by atoms with Gasteiger partial charge in [0.2, 0.25) is 5.91 Å². The Bertz CT molecular complexity index is 785. The molecule has 126 valence electrons. The number of ether oxygens (including phenoxy) is 1. The summed E-state index contributed by atoms with van der Waals surface area (Å²) in [4.78, 5) is 26.1. The number of anilines is 2. The first-order valence-corrected chi connectivity index (χ1v) is 7.80. The highest BCUT2D eigenvalue weighted by Gasteiger charge is 2.28. The molecule has 0 aliphatic carbocycles. The number of amides is 1. The van der Waals surface area contributed by atoms with Crippen LogP contribution in [0.1, 0.15) is 6.42 Å². The van der Waals surface area contributed by atoms with Gasteiger partial charge in [-0.05, 0) is 30.7 Å². The Morgan fingerprint density at radius 1 is 1.33 bits per heavy atom. The second-order valence-corrected chi connectivity index (χ2v) is 5.82. The lowest BCUT2D eigenvalue weighted by atomic mass is 10.1. The van der Waals surface area contributed by atoms with E-state index in [4.69, 9.17) is 4.74 Å². The number of aromatic nitrogens is 2. The van der Waals surface area contributed by atoms with Crippen LogP contribution in [0.25, 0.3) is 0 Å². The lowest BCUT2D eigenvalue weighted by molar-refractivity contribution is -0.119. The third kappa shape index (κ3) is 3.40. The molecule has 2 heterocycles. The van der Waals surface area contributed by atoms with Crippen LogP contribution in [0, 0.1) is 5.92 Å². The van der Waals surface area contributed by atoms with Crippen LogP contribution >= 0.6 is 0 Å². The van der Waals surface area contributed by atoms with Gasteiger partial charge < -0.3 is 15.0 Å². The fraction of sp³-hybridized carbons (Fsp3) is 0.353. The van der Waals surface area contributed by atoms with Crippen molar-refractivity contribution in [3.05, 3.63) is 46.9 Å². The molecule has 1 N–H and O–H groups in total. The Labute approximate surface area is 139 Å². The van der Waals surface area contributed by atoms with Gasteiger partial charge in [0.05, 0.1) is 24.9 Å². The van der Waals surface area contributed by atoms with Crippen LogP contribution in [0.15, 0.2) is 41.3 Å². The highest BCUT2D eigenvalue weighted by Crippen LogP contribution is 2.24. The van der Waals surface area contributed by atoms with Crippen molar-refractivity contribution in [2.45, 2.75) is 6.42 Å². The van der Waals surface area contributed by atoms with E-state index in [1.54, 1.807) is 26.4 Å². The van der Waals surface area contributed by atoms with Gasteiger partial charge in [-0.2, -0.15) is 5.10 Å². The van der Waals surface area contributed by atoms with Crippen LogP contribution in [0.3, 0.4) is 0 Å². The number of nitrogens with zero attached hydrogens (tertiary/aromatic N) is 3. The number of hydrogen-bond acceptors (Lipinski definition) is 5. The topological polar surface area (TPSA) is 76.5 Å². The average Bonchev–Trinajstić information content (AvgIpc) is 3.08. The summed E-state index contributed by atoms with van der Waals surface area (Å²) in [6.07, 6.45) is 2.41. The van der Waals surface area contributed by atoms with Gasteiger partial charge in [0.15, 0.2) is 0 Å². The Kier molecular flexibility index (Phi) is 4.50. The predicted molar refractivity (Wildman–Crippen MR) is 91.4 cm³/mol. The first-order valence-electron chi connectivity index (χ1n) is 7.80. The van der Waals surface area contributed by atoms with E-state index < -0.39 is 0 Å². The number of hydrogen-bond donors (Lipinski definition) is 1. The number of benzene rings is 1. The van der Waals surface area contributed by atoms with E-state index in [0.29, 0.717) is 6.54 Å². The van der Waals surface area contributed by atoms with Gasteiger partial charge >= 0.3 is 0 Å². The Morgan fingerprint density at radius 3 is 2.75 bits per heavy atom. The van der Waals surface area contributed by atoms with Crippen LogP contribution < -0.4 is 20.5 Å². The molecule has 0 bridgehead atoms. The smallest absolute Gasteiger partial charge is 0.268 e. The zero-order chi connectivity index (χ0) is 17.1. The highest BCUT2D eigenvalue weighted by molar-refractivity contribution is 5.93. The predicted octanol–water partition coefficient (Wildman–Crippen LogP) is 1.25. The van der Waals surface area contributed by atoms with Crippen molar-refractivity contribution in [3.63, 3.8) is 0 Å². The van der Waals surface area contributed by atoms with E-state index >= 15 is 0 Å². The van der Waals surface area contributed by atoms with E-state index in [0.717, 1.165) is 30.1 Å². The van der Waals surface area contributed by atoms with Gasteiger partial charge in [-0.1, -0.05) is 0 Å². The summed E-state index contributed by atoms with van der Waals surface area (Å²) in [7, 11) is 3.22. The van der Waals surface area contributed by atoms with Crippen molar-refractivity contribution >= 4 is 17.3 Å². The summed E-state index contributed by atoms with van der Waals surface area (Å²) >= 11 is 0. The number of methoxy groups -OCH3 is 1. The van der Waals surface area contributed by atoms with E-state index in [2.05, 4.69) is 10.4 Å². The lowest BCUT2D eigenvalue weighted by Gasteiger charge is -2.18. The molecule has 7 nitrogen and oxygen atoms in total. The van der Waals surface area contributed by atoms with Crippen molar-refractivity contribution in [1.82, 2.24) is 9.78 Å². The minimum absolute atomic E-state index is 0.0144. The average molecular weight is 328 g/mol. The Balaban J connectivity index is 1.62. The van der Waals surface area contributed by atoms with E-state index in [1.807, 2.05) is 29.2 Å². The number of carbonyl (C=O) groups excluding carboxylic acids is 1. The van der Waals surface area contributed by atoms with Crippen molar-refractivity contribution in [3.8, 4) is 5.75 Å². The molecule has 1 atom stereocenters. The quantitative estimate of drug-likeness (QED) is 0.914. The SMILES string of the molecule is COc1ccc(NC(=O)C2CCN(c3cnn(C)c(=O)c3)C2)cc1. The molecule has 1 aromatic carbocycles. The molecule has 0 spiro atoms. The largest absolute Gasteiger partial charge is 0.497 e. The molecule has 1 saturated heterocycles. The van der Waals surface area contributed by atoms with Crippen molar-refractivity contribution in [1.29, 1.82) is 0 Å². The molecule has 24 heavy (non-hydrogen) atoms. The second kappa shape index (κ2) is 6.74. The molecule has 3 rings (SSSR count). The molecule has 7 heteroatoms. The molecule has 0 radical (unpaired) electrons. The number of rotatable bonds is 4. The lowest BCUT2D eigenvalue weighted by Crippen LogP contribution is -2.28. The number of nitrogens with one attached hydrogen (secondary N) is 1. The zero-order valence-electron chi connectivity index (χ0n) is 13.7. The Hall–Kier alpha value is -2.83. The summed E-state index contributed by atoms with van der Waals surface area (Å²) in [5.74, 6) is 0.619. The van der Waals surface area contributed by atoms with Crippen LogP contribution in [-0.2, 0) is 11.8 Å². The van der Waals surface area contributed by atoms with Gasteiger partial charge in [-0.3, -0.25) is 9.59 Å². The normalized spacial score (nSPS) is 16.9. The second-order valence-electron chi connectivity index (χ2n) is 5.82. The summed E-state index contributed by atoms with van der Waals surface area (Å²) in [5.41, 5.74) is 1.35. The zero-order valence-corrected chi connectivity index (χ0v) is 13.7. The van der Waals surface area contributed by atoms with Crippen LogP contribution in [-0.4, -0.2) is 35.9 Å². The monoisotopic (exact) mass is 328 g/mol. The van der Waals surface area contributed by atoms with Gasteiger partial charge in [0, 0.05) is 31.9 Å². The van der Waals surface area contributed by atoms with Crippen molar-refractivity contribution in [2.75, 3.05) is 30.4 Å². The van der Waals surface area contributed by atoms with E-state index in [-0.39, 0.29) is 17.4 Å². The minimum Gasteiger partial charge on any atom is -0.497 e. The summed E-state index contributed by atoms with van der Waals surface area (Å²) in [5, 5.41) is 6.95. The van der Waals surface area contributed by atoms with Crippen molar-refractivity contribution in [2.24, 2.45) is 13.0 Å². The maximum absolute atomic E-state index is 12.4. The van der Waals surface area contributed by atoms with Gasteiger partial charge in [0.1, 0.15) is 5.75 Å². The Morgan fingerprint density at radius 2 is 2.08 bits per heavy atom. The van der Waals surface area contributed by atoms with Crippen molar-refractivity contribution < 1.29 is 9.53 Å². The fourth-order valence-corrected chi connectivity index (χ4v) is 2.76. The molecular weight excluding hydrogens is 308 g/mol. The molecule has 1 fully saturated rings. The molecule has 1 aromatic heterocycles. The van der Waals surface area contributed by atoms with E-state index in [9.17, 15) is 9.59 Å². The molecule has 1 aliphatic rings. The third-order valence-electron chi connectivity index (χ3n) is 4.24. The maximum atomic E-state index is 12.4. The number of aryl methyl sites for hydroxylation is 1. The van der Waals surface area contributed by atoms with Gasteiger partial charge in [0.25, 0.3) is 5.56 Å². The van der Waals surface area contributed by atoms with Crippen LogP contribution in [0.2, 0.25) is 0 Å². The highest BCUT2D eigenvalue weighted by atomic mass is 16.5. The van der Waals surface area contributed by atoms with Crippen LogP contribution in [0.5, 0.6) is 5.75 Å². The molecular formula is C17H20N4O3. The molecule has 1 unspecified atom stereocenters. The summed E-state index contributed by atoms with van der Waals surface area (Å²) in [6.45, 7) is 1.31. The first-order chi connectivity index (χ1) is 11.6. The molecule has 1 aliphatic heterocycles. The molecule has 2 aromatic rings. The van der Waals surface area contributed by atoms with Crippen LogP contribution in [0.4, 0.5) is 11.4 Å². The molecule has 1 amide bonds. The van der Waals surface area contributed by atoms with Gasteiger partial charge in [-0.25, -0.2) is 4.68 Å². The minimum atomic E-state index is -0.154. The van der Waals surface area contributed by atoms with Gasteiger partial charge in [-0.15, -0.1) is 0 Å². The third-order valence-corrected chi connectivity index (χ3v) is 4.24. The number of carbonyl (C=O) groups is 1. The fourth-order valence-electron chi connectivity index (χ4n) is 2.76. The standard InChI is InChI=1S/C17H20N4O3/c1-20-16(22)9-14(10-18-20)21-8-7-12(11-21)17(23)19-13-3-5-15(24-2)6-4-13/h3-6,9-10,12H,7-8,11H2,1-2H3,(H,19,23). The summed E-state index contributed by atoms with van der Waals surface area (Å²) < 4.78 is 6.39.